The minimum atomic E-state index is -1.23. The second-order valence-electron chi connectivity index (χ2n) is 6.80. The van der Waals surface area contributed by atoms with E-state index < -0.39 is 23.2 Å². The van der Waals surface area contributed by atoms with Crippen LogP contribution in [0.3, 0.4) is 0 Å². The van der Waals surface area contributed by atoms with Crippen molar-refractivity contribution >= 4 is 23.5 Å². The van der Waals surface area contributed by atoms with Crippen LogP contribution in [0.15, 0.2) is 18.2 Å². The monoisotopic (exact) mass is 394 g/mol. The largest absolute Gasteiger partial charge is 0.479 e. The summed E-state index contributed by atoms with van der Waals surface area (Å²) < 4.78 is 14.8. The molecule has 2 aromatic rings. The first kappa shape index (κ1) is 19.3. The molecule has 1 heterocycles. The van der Waals surface area contributed by atoms with Crippen LogP contribution in [0.2, 0.25) is 5.02 Å². The molecule has 9 heteroatoms. The number of hydrogen-bond donors (Lipinski definition) is 1. The molecule has 1 N–H and O–H groups in total. The van der Waals surface area contributed by atoms with Crippen molar-refractivity contribution in [2.24, 2.45) is 0 Å². The van der Waals surface area contributed by atoms with Gasteiger partial charge in [-0.15, -0.1) is 5.10 Å². The fraction of sp³-hybridized carbons (Fsp3) is 0.444. The molecule has 144 valence electrons. The van der Waals surface area contributed by atoms with E-state index in [9.17, 15) is 19.1 Å². The summed E-state index contributed by atoms with van der Waals surface area (Å²) in [5.74, 6) is -2.07. The van der Waals surface area contributed by atoms with Crippen molar-refractivity contribution in [3.63, 3.8) is 0 Å². The Morgan fingerprint density at radius 2 is 1.96 bits per heavy atom. The van der Waals surface area contributed by atoms with Crippen LogP contribution >= 0.6 is 11.6 Å². The van der Waals surface area contributed by atoms with Crippen molar-refractivity contribution in [2.45, 2.75) is 44.6 Å². The summed E-state index contributed by atoms with van der Waals surface area (Å²) in [5, 5.41) is 17.6. The van der Waals surface area contributed by atoms with Gasteiger partial charge in [0.25, 0.3) is 5.91 Å². The fourth-order valence-corrected chi connectivity index (χ4v) is 3.75. The second-order valence-corrected chi connectivity index (χ2v) is 7.20. The molecule has 1 aromatic carbocycles. The quantitative estimate of drug-likeness (QED) is 0.860. The van der Waals surface area contributed by atoms with E-state index in [4.69, 9.17) is 11.6 Å². The number of aliphatic carboxylic acids is 1. The van der Waals surface area contributed by atoms with Crippen LogP contribution in [-0.2, 0) is 4.79 Å². The molecule has 0 aliphatic heterocycles. The van der Waals surface area contributed by atoms with Gasteiger partial charge in [0.05, 0.1) is 16.4 Å². The predicted molar refractivity (Wildman–Crippen MR) is 96.6 cm³/mol. The average molecular weight is 395 g/mol. The van der Waals surface area contributed by atoms with Gasteiger partial charge in [0.15, 0.2) is 5.69 Å². The van der Waals surface area contributed by atoms with Gasteiger partial charge in [0.2, 0.25) is 0 Å². The Bertz CT molecular complexity index is 893. The lowest BCUT2D eigenvalue weighted by molar-refractivity contribution is -0.151. The van der Waals surface area contributed by atoms with Crippen molar-refractivity contribution in [3.05, 3.63) is 40.4 Å². The van der Waals surface area contributed by atoms with Crippen LogP contribution < -0.4 is 0 Å². The van der Waals surface area contributed by atoms with E-state index in [2.05, 4.69) is 10.3 Å². The lowest BCUT2D eigenvalue weighted by Gasteiger charge is -2.40. The lowest BCUT2D eigenvalue weighted by Crippen LogP contribution is -2.56. The number of carbonyl (C=O) groups is 2. The number of carboxylic acids is 1. The number of carboxylic acid groups (broad SMARTS) is 1. The smallest absolute Gasteiger partial charge is 0.329 e. The average Bonchev–Trinajstić information content (AvgIpc) is 3.04. The van der Waals surface area contributed by atoms with Gasteiger partial charge in [-0.2, -0.15) is 0 Å². The predicted octanol–water partition coefficient (Wildman–Crippen LogP) is 3.23. The number of likely N-dealkylation sites (N-methyl/N-ethyl adjacent to an activating group) is 1. The summed E-state index contributed by atoms with van der Waals surface area (Å²) in [4.78, 5) is 26.2. The molecule has 1 fully saturated rings. The van der Waals surface area contributed by atoms with Gasteiger partial charge in [-0.3, -0.25) is 4.79 Å². The van der Waals surface area contributed by atoms with Crippen molar-refractivity contribution in [2.75, 3.05) is 7.05 Å². The normalized spacial score (nSPS) is 16.1. The van der Waals surface area contributed by atoms with E-state index >= 15 is 0 Å². The van der Waals surface area contributed by atoms with Crippen molar-refractivity contribution in [1.29, 1.82) is 0 Å². The topological polar surface area (TPSA) is 88.3 Å². The van der Waals surface area contributed by atoms with Crippen LogP contribution in [0.5, 0.6) is 0 Å². The Labute approximate surface area is 160 Å². The molecule has 0 unspecified atom stereocenters. The van der Waals surface area contributed by atoms with E-state index in [1.54, 1.807) is 6.92 Å². The Hall–Kier alpha value is -2.48. The van der Waals surface area contributed by atoms with Crippen molar-refractivity contribution < 1.29 is 19.1 Å². The summed E-state index contributed by atoms with van der Waals surface area (Å²) in [7, 11) is 1.50. The van der Waals surface area contributed by atoms with E-state index in [0.717, 1.165) is 19.3 Å². The zero-order valence-corrected chi connectivity index (χ0v) is 15.8. The molecule has 1 amide bonds. The fourth-order valence-electron chi connectivity index (χ4n) is 3.57. The Kier molecular flexibility index (Phi) is 5.19. The molecule has 7 nitrogen and oxygen atoms in total. The summed E-state index contributed by atoms with van der Waals surface area (Å²) in [5.41, 5.74) is -0.293. The molecule has 27 heavy (non-hydrogen) atoms. The highest BCUT2D eigenvalue weighted by Crippen LogP contribution is 2.34. The third-order valence-electron chi connectivity index (χ3n) is 5.27. The zero-order chi connectivity index (χ0) is 19.8. The SMILES string of the molecule is Cc1c(C(=O)N(C)C2(C(=O)O)CCCCC2)nnn1-c1ccc(F)c(Cl)c1. The van der Waals surface area contributed by atoms with Gasteiger partial charge in [-0.05, 0) is 38.0 Å². The number of rotatable bonds is 4. The van der Waals surface area contributed by atoms with Crippen LogP contribution in [-0.4, -0.2) is 49.5 Å². The van der Waals surface area contributed by atoms with Gasteiger partial charge in [-0.1, -0.05) is 36.1 Å². The molecule has 1 aliphatic carbocycles. The molecule has 0 saturated heterocycles. The number of halogens is 2. The van der Waals surface area contributed by atoms with Gasteiger partial charge in [-0.25, -0.2) is 13.9 Å². The van der Waals surface area contributed by atoms with E-state index in [1.165, 1.54) is 34.8 Å². The van der Waals surface area contributed by atoms with Crippen LogP contribution in [0.1, 0.15) is 48.3 Å². The molecule has 1 aliphatic rings. The first-order valence-electron chi connectivity index (χ1n) is 8.67. The second kappa shape index (κ2) is 7.26. The molecule has 3 rings (SSSR count). The maximum atomic E-state index is 13.4. The number of benzene rings is 1. The maximum absolute atomic E-state index is 13.4. The summed E-state index contributed by atoms with van der Waals surface area (Å²) >= 11 is 5.81. The van der Waals surface area contributed by atoms with E-state index in [-0.39, 0.29) is 10.7 Å². The highest BCUT2D eigenvalue weighted by molar-refractivity contribution is 6.30. The standard InChI is InChI=1S/C18H20ClFN4O3/c1-11-15(21-22-24(11)12-6-7-14(20)13(19)10-12)16(25)23(2)18(17(26)27)8-4-3-5-9-18/h6-7,10H,3-5,8-9H2,1-2H3,(H,26,27). The first-order chi connectivity index (χ1) is 12.8. The third-order valence-corrected chi connectivity index (χ3v) is 5.56. The van der Waals surface area contributed by atoms with Crippen molar-refractivity contribution in [3.8, 4) is 5.69 Å². The minimum Gasteiger partial charge on any atom is -0.479 e. The molecule has 1 saturated carbocycles. The summed E-state index contributed by atoms with van der Waals surface area (Å²) in [6.07, 6.45) is 3.28. The summed E-state index contributed by atoms with van der Waals surface area (Å²) in [6.45, 7) is 1.65. The number of aromatic nitrogens is 3. The molecular formula is C18H20ClFN4O3. The highest BCUT2D eigenvalue weighted by Gasteiger charge is 2.46. The van der Waals surface area contributed by atoms with Gasteiger partial charge in [0, 0.05) is 7.05 Å². The van der Waals surface area contributed by atoms with E-state index in [0.29, 0.717) is 24.2 Å². The minimum absolute atomic E-state index is 0.0594. The lowest BCUT2D eigenvalue weighted by atomic mass is 9.80. The molecule has 0 radical (unpaired) electrons. The number of hydrogen-bond acceptors (Lipinski definition) is 4. The van der Waals surface area contributed by atoms with Crippen LogP contribution in [0, 0.1) is 12.7 Å². The van der Waals surface area contributed by atoms with Crippen molar-refractivity contribution in [1.82, 2.24) is 19.9 Å². The maximum Gasteiger partial charge on any atom is 0.329 e. The number of carbonyl (C=O) groups excluding carboxylic acids is 1. The molecule has 1 aromatic heterocycles. The zero-order valence-electron chi connectivity index (χ0n) is 15.1. The van der Waals surface area contributed by atoms with E-state index in [1.807, 2.05) is 0 Å². The Morgan fingerprint density at radius 3 is 2.56 bits per heavy atom. The molecule has 0 bridgehead atoms. The number of amides is 1. The summed E-state index contributed by atoms with van der Waals surface area (Å²) in [6, 6.07) is 4.06. The first-order valence-corrected chi connectivity index (χ1v) is 9.05. The number of nitrogens with zero attached hydrogens (tertiary/aromatic N) is 4. The highest BCUT2D eigenvalue weighted by atomic mass is 35.5. The molecular weight excluding hydrogens is 375 g/mol. The van der Waals surface area contributed by atoms with Gasteiger partial charge in [0.1, 0.15) is 11.4 Å². The Morgan fingerprint density at radius 1 is 1.30 bits per heavy atom. The molecule has 0 atom stereocenters. The van der Waals surface area contributed by atoms with Crippen LogP contribution in [0.4, 0.5) is 4.39 Å². The molecule has 0 spiro atoms. The Balaban J connectivity index is 1.94. The third kappa shape index (κ3) is 3.29. The van der Waals surface area contributed by atoms with Gasteiger partial charge >= 0.3 is 5.97 Å². The van der Waals surface area contributed by atoms with Gasteiger partial charge < -0.3 is 10.0 Å². The van der Waals surface area contributed by atoms with Crippen LogP contribution in [0.25, 0.3) is 5.69 Å².